The average Bonchev–Trinajstić information content (AvgIpc) is 2.87. The number of halogens is 1. The Morgan fingerprint density at radius 2 is 2.06 bits per heavy atom. The van der Waals surface area contributed by atoms with Crippen LogP contribution in [0.25, 0.3) is 0 Å². The first-order valence-corrected chi connectivity index (χ1v) is 6.21. The molecule has 18 heavy (non-hydrogen) atoms. The van der Waals surface area contributed by atoms with E-state index in [4.69, 9.17) is 9.47 Å². The van der Waals surface area contributed by atoms with Crippen molar-refractivity contribution in [1.82, 2.24) is 9.97 Å². The summed E-state index contributed by atoms with van der Waals surface area (Å²) < 4.78 is 11.6. The SMILES string of the molecule is Brc1cnc(NCc2cccc3c2OCO3)nc1. The van der Waals surface area contributed by atoms with Gasteiger partial charge < -0.3 is 14.8 Å². The summed E-state index contributed by atoms with van der Waals surface area (Å²) in [7, 11) is 0. The highest BCUT2D eigenvalue weighted by molar-refractivity contribution is 9.10. The molecular formula is C12H10BrN3O2. The molecular weight excluding hydrogens is 298 g/mol. The van der Waals surface area contributed by atoms with Crippen LogP contribution in [0.2, 0.25) is 0 Å². The molecule has 0 saturated heterocycles. The molecule has 6 heteroatoms. The number of aromatic nitrogens is 2. The van der Waals surface area contributed by atoms with Gasteiger partial charge in [0.25, 0.3) is 0 Å². The van der Waals surface area contributed by atoms with Crippen LogP contribution in [-0.2, 0) is 6.54 Å². The molecule has 1 aromatic heterocycles. The Hall–Kier alpha value is -1.82. The van der Waals surface area contributed by atoms with E-state index < -0.39 is 0 Å². The molecule has 0 unspecified atom stereocenters. The van der Waals surface area contributed by atoms with Crippen molar-refractivity contribution in [2.45, 2.75) is 6.54 Å². The zero-order valence-corrected chi connectivity index (χ0v) is 11.0. The van der Waals surface area contributed by atoms with Crippen molar-refractivity contribution < 1.29 is 9.47 Å². The highest BCUT2D eigenvalue weighted by atomic mass is 79.9. The van der Waals surface area contributed by atoms with E-state index in [-0.39, 0.29) is 6.79 Å². The number of fused-ring (bicyclic) bond motifs is 1. The van der Waals surface area contributed by atoms with Crippen molar-refractivity contribution in [1.29, 1.82) is 0 Å². The predicted octanol–water partition coefficient (Wildman–Crippen LogP) is 2.58. The molecule has 0 amide bonds. The maximum absolute atomic E-state index is 5.43. The van der Waals surface area contributed by atoms with E-state index in [0.717, 1.165) is 21.5 Å². The third-order valence-electron chi connectivity index (χ3n) is 2.54. The lowest BCUT2D eigenvalue weighted by atomic mass is 10.2. The Bertz CT molecular complexity index is 560. The smallest absolute Gasteiger partial charge is 0.231 e. The van der Waals surface area contributed by atoms with Crippen LogP contribution in [0.1, 0.15) is 5.56 Å². The zero-order valence-electron chi connectivity index (χ0n) is 9.39. The fraction of sp³-hybridized carbons (Fsp3) is 0.167. The Kier molecular flexibility index (Phi) is 3.02. The van der Waals surface area contributed by atoms with E-state index >= 15 is 0 Å². The number of ether oxygens (including phenoxy) is 2. The van der Waals surface area contributed by atoms with Crippen LogP contribution < -0.4 is 14.8 Å². The molecule has 0 aliphatic carbocycles. The van der Waals surface area contributed by atoms with Gasteiger partial charge in [-0.1, -0.05) is 12.1 Å². The van der Waals surface area contributed by atoms with Gasteiger partial charge in [0.2, 0.25) is 12.7 Å². The molecule has 0 saturated carbocycles. The first-order chi connectivity index (χ1) is 8.83. The minimum atomic E-state index is 0.279. The number of nitrogens with zero attached hydrogens (tertiary/aromatic N) is 2. The van der Waals surface area contributed by atoms with E-state index in [1.165, 1.54) is 0 Å². The van der Waals surface area contributed by atoms with Gasteiger partial charge in [0.1, 0.15) is 0 Å². The van der Waals surface area contributed by atoms with E-state index in [9.17, 15) is 0 Å². The lowest BCUT2D eigenvalue weighted by Gasteiger charge is -2.07. The second-order valence-corrected chi connectivity index (χ2v) is 4.65. The molecule has 3 rings (SSSR count). The number of hydrogen-bond acceptors (Lipinski definition) is 5. The number of anilines is 1. The van der Waals surface area contributed by atoms with Gasteiger partial charge in [-0.05, 0) is 22.0 Å². The summed E-state index contributed by atoms with van der Waals surface area (Å²) in [4.78, 5) is 8.29. The van der Waals surface area contributed by atoms with Gasteiger partial charge >= 0.3 is 0 Å². The molecule has 0 spiro atoms. The molecule has 1 aromatic carbocycles. The summed E-state index contributed by atoms with van der Waals surface area (Å²) >= 11 is 3.29. The molecule has 1 aliphatic rings. The quantitative estimate of drug-likeness (QED) is 0.944. The summed E-state index contributed by atoms with van der Waals surface area (Å²) in [6.45, 7) is 0.870. The summed E-state index contributed by atoms with van der Waals surface area (Å²) in [5.74, 6) is 2.16. The monoisotopic (exact) mass is 307 g/mol. The highest BCUT2D eigenvalue weighted by Crippen LogP contribution is 2.35. The molecule has 2 heterocycles. The Morgan fingerprint density at radius 1 is 1.22 bits per heavy atom. The van der Waals surface area contributed by atoms with Crippen LogP contribution in [0.3, 0.4) is 0 Å². The first-order valence-electron chi connectivity index (χ1n) is 5.42. The highest BCUT2D eigenvalue weighted by Gasteiger charge is 2.16. The number of nitrogens with one attached hydrogen (secondary N) is 1. The van der Waals surface area contributed by atoms with Gasteiger partial charge in [-0.25, -0.2) is 9.97 Å². The van der Waals surface area contributed by atoms with Crippen molar-refractivity contribution in [3.63, 3.8) is 0 Å². The number of hydrogen-bond donors (Lipinski definition) is 1. The first kappa shape index (κ1) is 11.3. The summed E-state index contributed by atoms with van der Waals surface area (Å²) in [5, 5.41) is 3.14. The van der Waals surface area contributed by atoms with E-state index in [0.29, 0.717) is 12.5 Å². The fourth-order valence-corrected chi connectivity index (χ4v) is 1.91. The molecule has 0 atom stereocenters. The Labute approximate surface area is 112 Å². The normalized spacial score (nSPS) is 12.5. The summed E-state index contributed by atoms with van der Waals surface area (Å²) in [5.41, 5.74) is 1.02. The van der Waals surface area contributed by atoms with Crippen molar-refractivity contribution in [2.24, 2.45) is 0 Å². The van der Waals surface area contributed by atoms with Gasteiger partial charge in [-0.2, -0.15) is 0 Å². The second-order valence-electron chi connectivity index (χ2n) is 3.73. The average molecular weight is 308 g/mol. The Morgan fingerprint density at radius 3 is 2.89 bits per heavy atom. The van der Waals surface area contributed by atoms with Crippen molar-refractivity contribution in [2.75, 3.05) is 12.1 Å². The van der Waals surface area contributed by atoms with Crippen LogP contribution in [0.4, 0.5) is 5.95 Å². The summed E-state index contributed by atoms with van der Waals surface area (Å²) in [6, 6.07) is 5.81. The fourth-order valence-electron chi connectivity index (χ4n) is 1.71. The van der Waals surface area contributed by atoms with Crippen LogP contribution in [-0.4, -0.2) is 16.8 Å². The molecule has 1 N–H and O–H groups in total. The molecule has 0 bridgehead atoms. The van der Waals surface area contributed by atoms with Crippen LogP contribution >= 0.6 is 15.9 Å². The van der Waals surface area contributed by atoms with Gasteiger partial charge in [0.15, 0.2) is 11.5 Å². The minimum absolute atomic E-state index is 0.279. The largest absolute Gasteiger partial charge is 0.454 e. The number of benzene rings is 1. The van der Waals surface area contributed by atoms with Crippen LogP contribution in [0.15, 0.2) is 35.1 Å². The van der Waals surface area contributed by atoms with E-state index in [2.05, 4.69) is 31.2 Å². The van der Waals surface area contributed by atoms with Gasteiger partial charge in [0.05, 0.1) is 4.47 Å². The minimum Gasteiger partial charge on any atom is -0.454 e. The second kappa shape index (κ2) is 4.81. The summed E-state index contributed by atoms with van der Waals surface area (Å²) in [6.07, 6.45) is 3.40. The molecule has 1 aliphatic heterocycles. The van der Waals surface area contributed by atoms with E-state index in [1.807, 2.05) is 18.2 Å². The Balaban J connectivity index is 1.74. The van der Waals surface area contributed by atoms with Crippen molar-refractivity contribution in [3.05, 3.63) is 40.6 Å². The molecule has 5 nitrogen and oxygen atoms in total. The molecule has 2 aromatic rings. The molecule has 0 radical (unpaired) electrons. The topological polar surface area (TPSA) is 56.3 Å². The van der Waals surface area contributed by atoms with Crippen LogP contribution in [0, 0.1) is 0 Å². The maximum Gasteiger partial charge on any atom is 0.231 e. The number of para-hydroxylation sites is 1. The van der Waals surface area contributed by atoms with Gasteiger partial charge in [-0.3, -0.25) is 0 Å². The van der Waals surface area contributed by atoms with Crippen molar-refractivity contribution in [3.8, 4) is 11.5 Å². The van der Waals surface area contributed by atoms with Gasteiger partial charge in [-0.15, -0.1) is 0 Å². The van der Waals surface area contributed by atoms with Gasteiger partial charge in [0, 0.05) is 24.5 Å². The zero-order chi connectivity index (χ0) is 12.4. The van der Waals surface area contributed by atoms with Crippen LogP contribution in [0.5, 0.6) is 11.5 Å². The molecule has 92 valence electrons. The van der Waals surface area contributed by atoms with Crippen molar-refractivity contribution >= 4 is 21.9 Å². The van der Waals surface area contributed by atoms with E-state index in [1.54, 1.807) is 12.4 Å². The standard InChI is InChI=1S/C12H10BrN3O2/c13-9-5-15-12(16-6-9)14-4-8-2-1-3-10-11(8)18-7-17-10/h1-3,5-6H,4,7H2,(H,14,15,16). The third-order valence-corrected chi connectivity index (χ3v) is 2.94. The lowest BCUT2D eigenvalue weighted by molar-refractivity contribution is 0.173. The number of rotatable bonds is 3. The molecule has 0 fully saturated rings. The lowest BCUT2D eigenvalue weighted by Crippen LogP contribution is -2.04. The third kappa shape index (κ3) is 2.24. The predicted molar refractivity (Wildman–Crippen MR) is 69.6 cm³/mol. The maximum atomic E-state index is 5.43.